The third kappa shape index (κ3) is 6.04. The summed E-state index contributed by atoms with van der Waals surface area (Å²) in [4.78, 5) is 58.9. The highest BCUT2D eigenvalue weighted by molar-refractivity contribution is 6.06. The van der Waals surface area contributed by atoms with E-state index < -0.39 is 64.6 Å². The molecule has 1 spiro atoms. The summed E-state index contributed by atoms with van der Waals surface area (Å²) in [5.74, 6) is -2.21. The normalized spacial score (nSPS) is 22.8. The van der Waals surface area contributed by atoms with Crippen LogP contribution in [0, 0.1) is 17.0 Å². The monoisotopic (exact) mass is 645 g/mol. The van der Waals surface area contributed by atoms with Crippen molar-refractivity contribution in [1.29, 1.82) is 0 Å². The van der Waals surface area contributed by atoms with Gasteiger partial charge in [-0.05, 0) is 101 Å². The van der Waals surface area contributed by atoms with Crippen molar-refractivity contribution in [2.75, 3.05) is 17.2 Å². The number of amides is 4. The molecule has 0 unspecified atom stereocenters. The van der Waals surface area contributed by atoms with Crippen LogP contribution in [0.15, 0.2) is 54.7 Å². The minimum atomic E-state index is -1.19. The van der Waals surface area contributed by atoms with Gasteiger partial charge in [0.05, 0.1) is 16.9 Å². The molecule has 1 saturated heterocycles. The summed E-state index contributed by atoms with van der Waals surface area (Å²) in [6, 6.07) is 10.4. The van der Waals surface area contributed by atoms with E-state index in [2.05, 4.69) is 20.9 Å². The topological polar surface area (TPSA) is 130 Å². The fourth-order valence-corrected chi connectivity index (χ4v) is 6.96. The number of ether oxygens (including phenoxy) is 1. The smallest absolute Gasteiger partial charge is 0.407 e. The van der Waals surface area contributed by atoms with Crippen LogP contribution >= 0.6 is 0 Å². The van der Waals surface area contributed by atoms with Crippen molar-refractivity contribution >= 4 is 35.3 Å². The SMILES string of the molecule is CC(C)(C)OC(=O)N[C@H]1C[C@@H](c2cc(F)cc(F)c2)N(CC(=O)Nc2ccc3c(c2)C[C@@]2(C3)C(=O)Nc3ncccc32)C(=O)C1(C)C. The van der Waals surface area contributed by atoms with E-state index >= 15 is 0 Å². The van der Waals surface area contributed by atoms with Gasteiger partial charge in [-0.15, -0.1) is 0 Å². The second-order valence-electron chi connectivity index (χ2n) is 14.1. The number of hydrogen-bond acceptors (Lipinski definition) is 6. The Kier molecular flexibility index (Phi) is 7.80. The number of carbonyl (C=O) groups is 4. The van der Waals surface area contributed by atoms with Crippen LogP contribution in [0.25, 0.3) is 0 Å². The lowest BCUT2D eigenvalue weighted by molar-refractivity contribution is -0.152. The number of alkyl carbamates (subject to hydrolysis) is 1. The summed E-state index contributed by atoms with van der Waals surface area (Å²) < 4.78 is 34.2. The number of nitrogens with zero attached hydrogens (tertiary/aromatic N) is 2. The van der Waals surface area contributed by atoms with E-state index in [1.807, 2.05) is 18.2 Å². The molecule has 1 aromatic heterocycles. The number of piperidine rings is 1. The average Bonchev–Trinajstić information content (AvgIpc) is 3.48. The first-order chi connectivity index (χ1) is 22.1. The summed E-state index contributed by atoms with van der Waals surface area (Å²) in [7, 11) is 0. The summed E-state index contributed by atoms with van der Waals surface area (Å²) in [6.45, 7) is 8.02. The molecule has 0 bridgehead atoms. The van der Waals surface area contributed by atoms with Gasteiger partial charge in [0, 0.05) is 29.6 Å². The Hall–Kier alpha value is -4.87. The number of fused-ring (bicyclic) bond motifs is 3. The Bertz CT molecular complexity index is 1780. The van der Waals surface area contributed by atoms with Crippen LogP contribution in [0.2, 0.25) is 0 Å². The maximum Gasteiger partial charge on any atom is 0.407 e. The molecule has 2 aliphatic heterocycles. The fraction of sp³-hybridized carbons (Fsp3) is 0.400. The molecule has 1 aliphatic carbocycles. The summed E-state index contributed by atoms with van der Waals surface area (Å²) in [5.41, 5.74) is 0.642. The minimum absolute atomic E-state index is 0.0769. The number of pyridine rings is 1. The van der Waals surface area contributed by atoms with Gasteiger partial charge < -0.3 is 25.6 Å². The van der Waals surface area contributed by atoms with Crippen molar-refractivity contribution < 1.29 is 32.7 Å². The van der Waals surface area contributed by atoms with Gasteiger partial charge in [0.1, 0.15) is 29.6 Å². The van der Waals surface area contributed by atoms with E-state index in [1.54, 1.807) is 52.9 Å². The van der Waals surface area contributed by atoms with E-state index in [0.29, 0.717) is 24.3 Å². The molecule has 3 aliphatic rings. The van der Waals surface area contributed by atoms with Gasteiger partial charge in [-0.25, -0.2) is 18.6 Å². The van der Waals surface area contributed by atoms with Crippen molar-refractivity contribution in [3.63, 3.8) is 0 Å². The van der Waals surface area contributed by atoms with Gasteiger partial charge in [-0.3, -0.25) is 14.4 Å². The van der Waals surface area contributed by atoms with Crippen LogP contribution in [0.4, 0.5) is 25.1 Å². The number of anilines is 2. The summed E-state index contributed by atoms with van der Waals surface area (Å²) in [5, 5.41) is 8.50. The number of halogens is 2. The molecule has 3 N–H and O–H groups in total. The second kappa shape index (κ2) is 11.4. The zero-order valence-corrected chi connectivity index (χ0v) is 26.9. The zero-order valence-electron chi connectivity index (χ0n) is 26.9. The van der Waals surface area contributed by atoms with E-state index in [9.17, 15) is 28.0 Å². The highest BCUT2D eigenvalue weighted by Gasteiger charge is 2.52. The lowest BCUT2D eigenvalue weighted by Crippen LogP contribution is -2.61. The third-order valence-corrected chi connectivity index (χ3v) is 9.26. The molecule has 1 fully saturated rings. The molecule has 10 nitrogen and oxygen atoms in total. The van der Waals surface area contributed by atoms with Crippen LogP contribution in [0.1, 0.15) is 69.3 Å². The third-order valence-electron chi connectivity index (χ3n) is 9.26. The van der Waals surface area contributed by atoms with Crippen molar-refractivity contribution in [3.05, 3.63) is 88.6 Å². The van der Waals surface area contributed by atoms with Gasteiger partial charge in [-0.2, -0.15) is 0 Å². The maximum atomic E-state index is 14.4. The predicted octanol–water partition coefficient (Wildman–Crippen LogP) is 5.18. The standard InChI is InChI=1S/C35H37F2N5O5/c1-33(2,3)47-32(46)40-27-15-26(20-11-22(36)14-23(37)12-20)42(31(45)34(27,4)5)18-28(43)39-24-9-8-19-16-35(17-21(19)13-24)25-7-6-10-38-29(25)41-30(35)44/h6-14,26-27H,15-18H2,1-5H3,(H,39,43)(H,40,46)(H,38,41,44)/t26-,27-,35+/m0/s1. The van der Waals surface area contributed by atoms with E-state index in [4.69, 9.17) is 4.74 Å². The average molecular weight is 646 g/mol. The highest BCUT2D eigenvalue weighted by atomic mass is 19.1. The minimum Gasteiger partial charge on any atom is -0.444 e. The van der Waals surface area contributed by atoms with Crippen molar-refractivity contribution in [3.8, 4) is 0 Å². The quantitative estimate of drug-likeness (QED) is 0.351. The van der Waals surface area contributed by atoms with Gasteiger partial charge in [0.25, 0.3) is 0 Å². The Morgan fingerprint density at radius 1 is 1.04 bits per heavy atom. The van der Waals surface area contributed by atoms with Gasteiger partial charge in [-0.1, -0.05) is 12.1 Å². The molecular weight excluding hydrogens is 608 g/mol. The highest BCUT2D eigenvalue weighted by Crippen LogP contribution is 2.47. The molecule has 0 saturated carbocycles. The summed E-state index contributed by atoms with van der Waals surface area (Å²) in [6.07, 6.45) is 1.92. The molecule has 3 aromatic rings. The predicted molar refractivity (Wildman–Crippen MR) is 169 cm³/mol. The lowest BCUT2D eigenvalue weighted by Gasteiger charge is -2.47. The molecular formula is C35H37F2N5O5. The van der Waals surface area contributed by atoms with Gasteiger partial charge in [0.15, 0.2) is 0 Å². The largest absolute Gasteiger partial charge is 0.444 e. The molecule has 3 atom stereocenters. The Labute approximate surface area is 271 Å². The molecule has 6 rings (SSSR count). The van der Waals surface area contributed by atoms with E-state index in [0.717, 1.165) is 34.9 Å². The van der Waals surface area contributed by atoms with E-state index in [-0.39, 0.29) is 17.9 Å². The number of likely N-dealkylation sites (tertiary alicyclic amines) is 1. The van der Waals surface area contributed by atoms with E-state index in [1.165, 1.54) is 4.90 Å². The Balaban J connectivity index is 1.23. The lowest BCUT2D eigenvalue weighted by atomic mass is 9.74. The van der Waals surface area contributed by atoms with Crippen molar-refractivity contribution in [2.45, 2.75) is 77.0 Å². The molecule has 3 heterocycles. The molecule has 12 heteroatoms. The Morgan fingerprint density at radius 3 is 2.45 bits per heavy atom. The van der Waals surface area contributed by atoms with Crippen LogP contribution in [0.5, 0.6) is 0 Å². The second-order valence-corrected chi connectivity index (χ2v) is 14.1. The summed E-state index contributed by atoms with van der Waals surface area (Å²) >= 11 is 0. The molecule has 2 aromatic carbocycles. The molecule has 4 amide bonds. The van der Waals surface area contributed by atoms with Gasteiger partial charge >= 0.3 is 6.09 Å². The number of nitrogens with one attached hydrogen (secondary N) is 3. The maximum absolute atomic E-state index is 14.4. The molecule has 246 valence electrons. The van der Waals surface area contributed by atoms with Crippen LogP contribution in [0.3, 0.4) is 0 Å². The van der Waals surface area contributed by atoms with Crippen LogP contribution < -0.4 is 16.0 Å². The number of carbonyl (C=O) groups excluding carboxylic acids is 4. The first-order valence-corrected chi connectivity index (χ1v) is 15.5. The number of hydrogen-bond donors (Lipinski definition) is 3. The first-order valence-electron chi connectivity index (χ1n) is 15.5. The van der Waals surface area contributed by atoms with Gasteiger partial charge in [0.2, 0.25) is 17.7 Å². The molecule has 0 radical (unpaired) electrons. The van der Waals surface area contributed by atoms with Crippen molar-refractivity contribution in [2.24, 2.45) is 5.41 Å². The Morgan fingerprint density at radius 2 is 1.74 bits per heavy atom. The molecule has 47 heavy (non-hydrogen) atoms. The number of aromatic nitrogens is 1. The number of rotatable bonds is 5. The zero-order chi connectivity index (χ0) is 33.9. The fourth-order valence-electron chi connectivity index (χ4n) is 6.96. The van der Waals surface area contributed by atoms with Crippen LogP contribution in [-0.2, 0) is 37.4 Å². The van der Waals surface area contributed by atoms with Crippen molar-refractivity contribution in [1.82, 2.24) is 15.2 Å². The number of benzene rings is 2. The van der Waals surface area contributed by atoms with Crippen LogP contribution in [-0.4, -0.2) is 51.9 Å². The first kappa shape index (κ1) is 32.1.